The molecule has 0 radical (unpaired) electrons. The SMILES string of the molecule is CC/C=C\C/C=C\C/C=C\C/C=C\C/C=C\C/C=C\C/C=C\CCCCCCCCCCCCCCCC(=O)OCC(COC(=O)CCCCCCCCCCC)OC(=O)CCCCCCCCCCCCCCCCCCCCCC. The van der Waals surface area contributed by atoms with Gasteiger partial charge in [0.25, 0.3) is 0 Å². The van der Waals surface area contributed by atoms with Gasteiger partial charge in [0.15, 0.2) is 6.10 Å². The van der Waals surface area contributed by atoms with Gasteiger partial charge in [0.1, 0.15) is 13.2 Å². The zero-order valence-electron chi connectivity index (χ0n) is 54.5. The largest absolute Gasteiger partial charge is 0.462 e. The maximum absolute atomic E-state index is 12.9. The van der Waals surface area contributed by atoms with Gasteiger partial charge in [-0.05, 0) is 77.0 Å². The summed E-state index contributed by atoms with van der Waals surface area (Å²) in [4.78, 5) is 38.3. The van der Waals surface area contributed by atoms with Crippen molar-refractivity contribution in [3.63, 3.8) is 0 Å². The first kappa shape index (κ1) is 78.6. The van der Waals surface area contributed by atoms with Gasteiger partial charge in [-0.25, -0.2) is 0 Å². The summed E-state index contributed by atoms with van der Waals surface area (Å²) < 4.78 is 16.9. The first-order valence-electron chi connectivity index (χ1n) is 35.6. The van der Waals surface area contributed by atoms with Crippen LogP contribution in [0.15, 0.2) is 85.1 Å². The molecule has 0 saturated carbocycles. The van der Waals surface area contributed by atoms with Crippen LogP contribution in [-0.4, -0.2) is 37.2 Å². The van der Waals surface area contributed by atoms with E-state index < -0.39 is 6.10 Å². The number of carbonyl (C=O) groups excluding carboxylic acids is 3. The Morgan fingerprint density at radius 3 is 0.744 bits per heavy atom. The average Bonchev–Trinajstić information content (AvgIpc) is 3.48. The smallest absolute Gasteiger partial charge is 0.306 e. The lowest BCUT2D eigenvalue weighted by molar-refractivity contribution is -0.167. The van der Waals surface area contributed by atoms with Crippen LogP contribution in [0, 0.1) is 0 Å². The Morgan fingerprint density at radius 1 is 0.256 bits per heavy atom. The van der Waals surface area contributed by atoms with Crippen LogP contribution in [-0.2, 0) is 28.6 Å². The van der Waals surface area contributed by atoms with Crippen molar-refractivity contribution in [2.75, 3.05) is 13.2 Å². The molecule has 0 bridgehead atoms. The van der Waals surface area contributed by atoms with Gasteiger partial charge in [0.05, 0.1) is 0 Å². The van der Waals surface area contributed by atoms with Crippen LogP contribution in [0.5, 0.6) is 0 Å². The quantitative estimate of drug-likeness (QED) is 0.0261. The number of hydrogen-bond donors (Lipinski definition) is 0. The van der Waals surface area contributed by atoms with Crippen LogP contribution in [0.1, 0.15) is 361 Å². The third-order valence-corrected chi connectivity index (χ3v) is 15.7. The summed E-state index contributed by atoms with van der Waals surface area (Å²) in [5, 5.41) is 0. The van der Waals surface area contributed by atoms with Crippen molar-refractivity contribution in [3.8, 4) is 0 Å². The van der Waals surface area contributed by atoms with Gasteiger partial charge in [0, 0.05) is 19.3 Å². The van der Waals surface area contributed by atoms with Crippen molar-refractivity contribution in [2.45, 2.75) is 367 Å². The Kier molecular flexibility index (Phi) is 67.2. The standard InChI is InChI=1S/C76H134O6/c1-4-7-10-13-16-19-21-23-25-27-29-31-32-33-34-35-36-37-38-39-40-41-42-43-44-45-47-48-50-52-54-57-60-63-66-69-75(78)81-72-73(71-80-74(77)68-65-62-59-56-18-15-12-9-6-3)82-76(79)70-67-64-61-58-55-53-51-49-46-30-28-26-24-22-20-17-14-11-8-5-2/h7,10,16,19,23,25,29,31,33-34,36-37,39-40,73H,4-6,8-9,11-15,17-18,20-22,24,26-28,30,32,35,38,41-72H2,1-3H3/b10-7-,19-16-,25-23-,31-29-,34-33-,37-36-,40-39-. The number of hydrogen-bond acceptors (Lipinski definition) is 6. The predicted molar refractivity (Wildman–Crippen MR) is 358 cm³/mol. The highest BCUT2D eigenvalue weighted by Crippen LogP contribution is 2.18. The normalized spacial score (nSPS) is 12.6. The molecule has 0 heterocycles. The highest BCUT2D eigenvalue weighted by molar-refractivity contribution is 5.71. The first-order chi connectivity index (χ1) is 40.5. The minimum absolute atomic E-state index is 0.0698. The molecule has 0 fully saturated rings. The van der Waals surface area contributed by atoms with Gasteiger partial charge in [0.2, 0.25) is 0 Å². The number of esters is 3. The third-order valence-electron chi connectivity index (χ3n) is 15.7. The topological polar surface area (TPSA) is 78.9 Å². The molecular weight excluding hydrogens is 1010 g/mol. The lowest BCUT2D eigenvalue weighted by atomic mass is 10.0. The number of ether oxygens (including phenoxy) is 3. The number of rotatable bonds is 65. The molecule has 1 unspecified atom stereocenters. The van der Waals surface area contributed by atoms with Gasteiger partial charge >= 0.3 is 17.9 Å². The molecule has 0 saturated heterocycles. The molecule has 0 amide bonds. The van der Waals surface area contributed by atoms with Crippen molar-refractivity contribution >= 4 is 17.9 Å². The molecule has 0 aromatic rings. The average molecular weight is 1140 g/mol. The highest BCUT2D eigenvalue weighted by atomic mass is 16.6. The fourth-order valence-electron chi connectivity index (χ4n) is 10.4. The van der Waals surface area contributed by atoms with Gasteiger partial charge in [-0.3, -0.25) is 14.4 Å². The molecule has 0 N–H and O–H groups in total. The lowest BCUT2D eigenvalue weighted by Crippen LogP contribution is -2.30. The Labute approximate surface area is 509 Å². The summed E-state index contributed by atoms with van der Waals surface area (Å²) in [6.07, 6.45) is 93.4. The monoisotopic (exact) mass is 1140 g/mol. The van der Waals surface area contributed by atoms with Gasteiger partial charge in [-0.15, -0.1) is 0 Å². The fraction of sp³-hybridized carbons (Fsp3) is 0.776. The Balaban J connectivity index is 4.09. The van der Waals surface area contributed by atoms with Crippen LogP contribution in [0.2, 0.25) is 0 Å². The maximum atomic E-state index is 12.9. The van der Waals surface area contributed by atoms with Crippen molar-refractivity contribution in [1.29, 1.82) is 0 Å². The molecule has 0 aromatic heterocycles. The van der Waals surface area contributed by atoms with E-state index in [9.17, 15) is 14.4 Å². The van der Waals surface area contributed by atoms with Crippen LogP contribution in [0.3, 0.4) is 0 Å². The maximum Gasteiger partial charge on any atom is 0.306 e. The summed E-state index contributed by atoms with van der Waals surface area (Å²) in [6.45, 7) is 6.56. The zero-order chi connectivity index (χ0) is 59.2. The molecule has 0 aliphatic carbocycles. The van der Waals surface area contributed by atoms with Crippen molar-refractivity contribution in [2.24, 2.45) is 0 Å². The van der Waals surface area contributed by atoms with E-state index >= 15 is 0 Å². The van der Waals surface area contributed by atoms with Crippen LogP contribution < -0.4 is 0 Å². The lowest BCUT2D eigenvalue weighted by Gasteiger charge is -2.18. The molecule has 82 heavy (non-hydrogen) atoms. The first-order valence-corrected chi connectivity index (χ1v) is 35.6. The molecule has 0 aliphatic heterocycles. The van der Waals surface area contributed by atoms with E-state index in [1.54, 1.807) is 0 Å². The Morgan fingerprint density at radius 2 is 0.476 bits per heavy atom. The molecule has 0 spiro atoms. The Hall–Kier alpha value is -3.41. The molecule has 6 heteroatoms. The molecule has 474 valence electrons. The second-order valence-electron chi connectivity index (χ2n) is 23.8. The summed E-state index contributed by atoms with van der Waals surface area (Å²) in [5.41, 5.74) is 0. The van der Waals surface area contributed by atoms with E-state index in [1.807, 2.05) is 0 Å². The van der Waals surface area contributed by atoms with Gasteiger partial charge in [-0.1, -0.05) is 350 Å². The summed E-state index contributed by atoms with van der Waals surface area (Å²) in [7, 11) is 0. The van der Waals surface area contributed by atoms with Crippen molar-refractivity contribution < 1.29 is 28.6 Å². The second kappa shape index (κ2) is 70.1. The van der Waals surface area contributed by atoms with Gasteiger partial charge < -0.3 is 14.2 Å². The van der Waals surface area contributed by atoms with Crippen LogP contribution >= 0.6 is 0 Å². The molecular formula is C76H134O6. The van der Waals surface area contributed by atoms with E-state index in [-0.39, 0.29) is 31.1 Å². The fourth-order valence-corrected chi connectivity index (χ4v) is 10.4. The van der Waals surface area contributed by atoms with Crippen molar-refractivity contribution in [1.82, 2.24) is 0 Å². The van der Waals surface area contributed by atoms with Crippen molar-refractivity contribution in [3.05, 3.63) is 85.1 Å². The molecule has 0 aliphatic rings. The molecule has 1 atom stereocenters. The zero-order valence-corrected chi connectivity index (χ0v) is 54.5. The molecule has 0 aromatic carbocycles. The Bertz CT molecular complexity index is 1550. The molecule has 6 nitrogen and oxygen atoms in total. The number of carbonyl (C=O) groups is 3. The third kappa shape index (κ3) is 67.4. The van der Waals surface area contributed by atoms with E-state index in [2.05, 4.69) is 106 Å². The van der Waals surface area contributed by atoms with E-state index in [4.69, 9.17) is 14.2 Å². The summed E-state index contributed by atoms with van der Waals surface area (Å²) in [6, 6.07) is 0. The van der Waals surface area contributed by atoms with E-state index in [0.29, 0.717) is 19.3 Å². The summed E-state index contributed by atoms with van der Waals surface area (Å²) in [5.74, 6) is -0.853. The number of allylic oxidation sites excluding steroid dienone is 14. The minimum atomic E-state index is -0.772. The van der Waals surface area contributed by atoms with Gasteiger partial charge in [-0.2, -0.15) is 0 Å². The van der Waals surface area contributed by atoms with Crippen LogP contribution in [0.4, 0.5) is 0 Å². The minimum Gasteiger partial charge on any atom is -0.462 e. The summed E-state index contributed by atoms with van der Waals surface area (Å²) >= 11 is 0. The van der Waals surface area contributed by atoms with Crippen LogP contribution in [0.25, 0.3) is 0 Å². The number of unbranched alkanes of at least 4 members (excludes halogenated alkanes) is 40. The van der Waals surface area contributed by atoms with E-state index in [1.165, 1.54) is 218 Å². The highest BCUT2D eigenvalue weighted by Gasteiger charge is 2.19. The second-order valence-corrected chi connectivity index (χ2v) is 23.8. The van der Waals surface area contributed by atoms with E-state index in [0.717, 1.165) is 103 Å². The molecule has 0 rings (SSSR count). The predicted octanol–water partition coefficient (Wildman–Crippen LogP) is 24.6.